The van der Waals surface area contributed by atoms with Crippen LogP contribution in [0.25, 0.3) is 0 Å². The highest BCUT2D eigenvalue weighted by Gasteiger charge is 2.17. The van der Waals surface area contributed by atoms with Crippen LogP contribution in [0.5, 0.6) is 0 Å². The summed E-state index contributed by atoms with van der Waals surface area (Å²) < 4.78 is 5.19. The smallest absolute Gasteiger partial charge is 0.410 e. The van der Waals surface area contributed by atoms with Crippen LogP contribution < -0.4 is 0 Å². The summed E-state index contributed by atoms with van der Waals surface area (Å²) in [5.41, 5.74) is 0.750. The third-order valence-electron chi connectivity index (χ3n) is 3.43. The Morgan fingerprint density at radius 2 is 1.95 bits per heavy atom. The number of nitrogens with zero attached hydrogens (tertiary/aromatic N) is 3. The highest BCUT2D eigenvalue weighted by atomic mass is 16.6. The number of nitro groups is 1. The van der Waals surface area contributed by atoms with Crippen molar-refractivity contribution >= 4 is 11.8 Å². The van der Waals surface area contributed by atoms with E-state index in [1.807, 2.05) is 0 Å². The Bertz CT molecular complexity index is 497. The topological polar surface area (TPSA) is 75.9 Å². The second kappa shape index (κ2) is 7.03. The minimum atomic E-state index is -0.459. The Balaban J connectivity index is 1.78. The molecule has 1 aliphatic heterocycles. The van der Waals surface area contributed by atoms with Gasteiger partial charge in [0.15, 0.2) is 0 Å². The summed E-state index contributed by atoms with van der Waals surface area (Å²) in [6.45, 7) is 2.71. The molecule has 1 saturated heterocycles. The van der Waals surface area contributed by atoms with Crippen LogP contribution in [0.15, 0.2) is 24.3 Å². The number of likely N-dealkylation sites (tertiary alicyclic amines) is 1. The van der Waals surface area contributed by atoms with Crippen LogP contribution in [0.2, 0.25) is 0 Å². The SMILES string of the molecule is CN(CN1CCCC1)C(=O)OCc1ccc([N+](=O)[O-])cc1. The molecular formula is C14H19N3O4. The molecule has 7 nitrogen and oxygen atoms in total. The molecule has 2 rings (SSSR count). The zero-order valence-corrected chi connectivity index (χ0v) is 12.0. The molecule has 0 aliphatic carbocycles. The fraction of sp³-hybridized carbons (Fsp3) is 0.500. The molecule has 21 heavy (non-hydrogen) atoms. The van der Waals surface area contributed by atoms with E-state index in [4.69, 9.17) is 4.74 Å². The zero-order chi connectivity index (χ0) is 15.2. The minimum absolute atomic E-state index is 0.0243. The Hall–Kier alpha value is -2.15. The van der Waals surface area contributed by atoms with Gasteiger partial charge in [0.25, 0.3) is 5.69 Å². The molecule has 1 heterocycles. The van der Waals surface area contributed by atoms with Gasteiger partial charge in [0.1, 0.15) is 6.61 Å². The van der Waals surface area contributed by atoms with Crippen LogP contribution in [0.3, 0.4) is 0 Å². The van der Waals surface area contributed by atoms with E-state index in [9.17, 15) is 14.9 Å². The maximum atomic E-state index is 11.8. The highest BCUT2D eigenvalue weighted by molar-refractivity contribution is 5.67. The van der Waals surface area contributed by atoms with Gasteiger partial charge >= 0.3 is 6.09 Å². The number of nitro benzene ring substituents is 1. The molecule has 7 heteroatoms. The second-order valence-electron chi connectivity index (χ2n) is 5.14. The van der Waals surface area contributed by atoms with Gasteiger partial charge in [0, 0.05) is 19.2 Å². The fourth-order valence-corrected chi connectivity index (χ4v) is 2.25. The molecule has 1 aromatic carbocycles. The van der Waals surface area contributed by atoms with Crippen molar-refractivity contribution in [1.82, 2.24) is 9.80 Å². The second-order valence-corrected chi connectivity index (χ2v) is 5.14. The monoisotopic (exact) mass is 293 g/mol. The van der Waals surface area contributed by atoms with Gasteiger partial charge in [-0.25, -0.2) is 4.79 Å². The maximum Gasteiger partial charge on any atom is 0.410 e. The molecule has 1 aliphatic rings. The molecule has 114 valence electrons. The largest absolute Gasteiger partial charge is 0.445 e. The van der Waals surface area contributed by atoms with E-state index in [2.05, 4.69) is 4.90 Å². The normalized spacial score (nSPS) is 14.9. The predicted octanol–water partition coefficient (Wildman–Crippen LogP) is 2.22. The first-order valence-electron chi connectivity index (χ1n) is 6.90. The lowest BCUT2D eigenvalue weighted by Gasteiger charge is -2.23. The van der Waals surface area contributed by atoms with Gasteiger partial charge in [-0.15, -0.1) is 0 Å². The molecule has 1 amide bonds. The Kier molecular flexibility index (Phi) is 5.10. The van der Waals surface area contributed by atoms with Crippen molar-refractivity contribution in [2.75, 3.05) is 26.8 Å². The average Bonchev–Trinajstić information content (AvgIpc) is 2.98. The van der Waals surface area contributed by atoms with Crippen molar-refractivity contribution < 1.29 is 14.5 Å². The zero-order valence-electron chi connectivity index (χ0n) is 12.0. The average molecular weight is 293 g/mol. The number of rotatable bonds is 5. The number of amides is 1. The van der Waals surface area contributed by atoms with Crippen LogP contribution in [0.1, 0.15) is 18.4 Å². The molecule has 0 bridgehead atoms. The summed E-state index contributed by atoms with van der Waals surface area (Å²) >= 11 is 0. The first-order chi connectivity index (χ1) is 10.1. The molecular weight excluding hydrogens is 274 g/mol. The van der Waals surface area contributed by atoms with Gasteiger partial charge in [0.05, 0.1) is 11.6 Å². The summed E-state index contributed by atoms with van der Waals surface area (Å²) in [5, 5.41) is 10.5. The molecule has 0 aromatic heterocycles. The summed E-state index contributed by atoms with van der Waals surface area (Å²) in [7, 11) is 1.70. The summed E-state index contributed by atoms with van der Waals surface area (Å²) in [6, 6.07) is 5.98. The van der Waals surface area contributed by atoms with Crippen LogP contribution in [-0.2, 0) is 11.3 Å². The number of hydrogen-bond donors (Lipinski definition) is 0. The van der Waals surface area contributed by atoms with Crippen molar-refractivity contribution in [3.05, 3.63) is 39.9 Å². The van der Waals surface area contributed by atoms with Crippen molar-refractivity contribution in [3.63, 3.8) is 0 Å². The fourth-order valence-electron chi connectivity index (χ4n) is 2.25. The van der Waals surface area contributed by atoms with E-state index < -0.39 is 4.92 Å². The lowest BCUT2D eigenvalue weighted by atomic mass is 10.2. The van der Waals surface area contributed by atoms with E-state index in [1.54, 1.807) is 19.2 Å². The lowest BCUT2D eigenvalue weighted by Crippen LogP contribution is -2.37. The van der Waals surface area contributed by atoms with E-state index in [1.165, 1.54) is 29.9 Å². The van der Waals surface area contributed by atoms with Crippen molar-refractivity contribution in [2.45, 2.75) is 19.4 Å². The Morgan fingerprint density at radius 1 is 1.33 bits per heavy atom. The van der Waals surface area contributed by atoms with Crippen LogP contribution in [-0.4, -0.2) is 47.6 Å². The van der Waals surface area contributed by atoms with Gasteiger partial charge in [-0.2, -0.15) is 0 Å². The van der Waals surface area contributed by atoms with Crippen molar-refractivity contribution in [2.24, 2.45) is 0 Å². The van der Waals surface area contributed by atoms with E-state index >= 15 is 0 Å². The molecule has 1 fully saturated rings. The van der Waals surface area contributed by atoms with Crippen molar-refractivity contribution in [1.29, 1.82) is 0 Å². The van der Waals surface area contributed by atoms with Gasteiger partial charge < -0.3 is 4.74 Å². The first kappa shape index (κ1) is 15.2. The molecule has 0 spiro atoms. The number of benzene rings is 1. The number of non-ortho nitro benzene ring substituents is 1. The minimum Gasteiger partial charge on any atom is -0.445 e. The van der Waals surface area contributed by atoms with Crippen LogP contribution in [0.4, 0.5) is 10.5 Å². The van der Waals surface area contributed by atoms with E-state index in [0.29, 0.717) is 6.67 Å². The third kappa shape index (κ3) is 4.42. The Morgan fingerprint density at radius 3 is 2.52 bits per heavy atom. The van der Waals surface area contributed by atoms with Gasteiger partial charge in [-0.3, -0.25) is 19.9 Å². The van der Waals surface area contributed by atoms with Crippen LogP contribution in [0, 0.1) is 10.1 Å². The van der Waals surface area contributed by atoms with Crippen LogP contribution >= 0.6 is 0 Å². The molecule has 0 saturated carbocycles. The molecule has 0 radical (unpaired) electrons. The highest BCUT2D eigenvalue weighted by Crippen LogP contribution is 2.13. The first-order valence-corrected chi connectivity index (χ1v) is 6.90. The lowest BCUT2D eigenvalue weighted by molar-refractivity contribution is -0.384. The Labute approximate surface area is 123 Å². The molecule has 0 atom stereocenters. The summed E-state index contributed by atoms with van der Waals surface area (Å²) in [4.78, 5) is 25.7. The third-order valence-corrected chi connectivity index (χ3v) is 3.43. The number of carbonyl (C=O) groups excluding carboxylic acids is 1. The number of carbonyl (C=O) groups is 1. The van der Waals surface area contributed by atoms with Crippen molar-refractivity contribution in [3.8, 4) is 0 Å². The quantitative estimate of drug-likeness (QED) is 0.614. The predicted molar refractivity (Wildman–Crippen MR) is 76.7 cm³/mol. The van der Waals surface area contributed by atoms with E-state index in [-0.39, 0.29) is 18.4 Å². The van der Waals surface area contributed by atoms with Gasteiger partial charge in [-0.1, -0.05) is 0 Å². The summed E-state index contributed by atoms with van der Waals surface area (Å²) in [5.74, 6) is 0. The molecule has 0 N–H and O–H groups in total. The summed E-state index contributed by atoms with van der Waals surface area (Å²) in [6.07, 6.45) is 1.96. The maximum absolute atomic E-state index is 11.8. The van der Waals surface area contributed by atoms with Gasteiger partial charge in [-0.05, 0) is 43.6 Å². The van der Waals surface area contributed by atoms with Gasteiger partial charge in [0.2, 0.25) is 0 Å². The number of hydrogen-bond acceptors (Lipinski definition) is 5. The molecule has 1 aromatic rings. The molecule has 0 unspecified atom stereocenters. The standard InChI is InChI=1S/C14H19N3O4/c1-15(11-16-8-2-3-9-16)14(18)21-10-12-4-6-13(7-5-12)17(19)20/h4-7H,2-3,8-11H2,1H3. The van der Waals surface area contributed by atoms with E-state index in [0.717, 1.165) is 18.7 Å². The number of ether oxygens (including phenoxy) is 1.